The van der Waals surface area contributed by atoms with Gasteiger partial charge in [-0.2, -0.15) is 0 Å². The van der Waals surface area contributed by atoms with Crippen molar-refractivity contribution in [2.45, 2.75) is 26.3 Å². The fraction of sp³-hybridized carbons (Fsp3) is 0.250. The first-order chi connectivity index (χ1) is 11.6. The van der Waals surface area contributed by atoms with Crippen LogP contribution in [0.5, 0.6) is 0 Å². The fourth-order valence-corrected chi connectivity index (χ4v) is 2.50. The Morgan fingerprint density at radius 3 is 2.71 bits per heavy atom. The number of amides is 1. The van der Waals surface area contributed by atoms with Crippen LogP contribution in [0.1, 0.15) is 23.2 Å². The van der Waals surface area contributed by atoms with Gasteiger partial charge in [-0.15, -0.1) is 10.2 Å². The van der Waals surface area contributed by atoms with E-state index in [1.54, 1.807) is 6.92 Å². The molecule has 0 spiro atoms. The maximum Gasteiger partial charge on any atom is 0.247 e. The van der Waals surface area contributed by atoms with E-state index in [1.165, 1.54) is 6.39 Å². The molecule has 24 heavy (non-hydrogen) atoms. The summed E-state index contributed by atoms with van der Waals surface area (Å²) in [5, 5.41) is 14.4. The first-order valence-electron chi connectivity index (χ1n) is 7.36. The lowest BCUT2D eigenvalue weighted by Gasteiger charge is -2.06. The lowest BCUT2D eigenvalue weighted by molar-refractivity contribution is -0.121. The highest BCUT2D eigenvalue weighted by molar-refractivity contribution is 6.29. The van der Waals surface area contributed by atoms with Gasteiger partial charge in [0, 0.05) is 24.1 Å². The number of rotatable bonds is 6. The van der Waals surface area contributed by atoms with Crippen molar-refractivity contribution >= 4 is 17.5 Å². The molecule has 0 atom stereocenters. The number of nitrogens with zero attached hydrogens (tertiary/aromatic N) is 3. The van der Waals surface area contributed by atoms with Gasteiger partial charge in [0.2, 0.25) is 23.4 Å². The lowest BCUT2D eigenvalue weighted by atomic mass is 10.1. The Morgan fingerprint density at radius 2 is 2.08 bits per heavy atom. The second kappa shape index (κ2) is 7.27. The smallest absolute Gasteiger partial charge is 0.247 e. The van der Waals surface area contributed by atoms with Crippen LogP contribution in [0.3, 0.4) is 0 Å². The Bertz CT molecular complexity index is 793. The fourth-order valence-electron chi connectivity index (χ4n) is 2.23. The van der Waals surface area contributed by atoms with Gasteiger partial charge < -0.3 is 14.3 Å². The summed E-state index contributed by atoms with van der Waals surface area (Å²) < 4.78 is 9.99. The minimum Gasteiger partial charge on any atom is -0.423 e. The molecule has 0 radical (unpaired) electrons. The first-order valence-corrected chi connectivity index (χ1v) is 7.74. The SMILES string of the molecule is Cc1noc(Cl)c1CCC(=O)NCc1ccc(-c2nnco2)cc1. The predicted octanol–water partition coefficient (Wildman–Crippen LogP) is 2.94. The van der Waals surface area contributed by atoms with Crippen molar-refractivity contribution in [3.8, 4) is 11.5 Å². The summed E-state index contributed by atoms with van der Waals surface area (Å²) in [5.41, 5.74) is 3.30. The van der Waals surface area contributed by atoms with Crippen LogP contribution in [0.2, 0.25) is 5.22 Å². The number of hydrogen-bond donors (Lipinski definition) is 1. The molecule has 3 rings (SSSR count). The Kier molecular flexibility index (Phi) is 4.90. The number of aryl methyl sites for hydroxylation is 1. The molecule has 1 amide bonds. The van der Waals surface area contributed by atoms with E-state index < -0.39 is 0 Å². The molecular formula is C16H15ClN4O3. The summed E-state index contributed by atoms with van der Waals surface area (Å²) in [4.78, 5) is 11.9. The molecule has 0 unspecified atom stereocenters. The van der Waals surface area contributed by atoms with Crippen molar-refractivity contribution < 1.29 is 13.7 Å². The summed E-state index contributed by atoms with van der Waals surface area (Å²) in [5.74, 6) is 0.402. The normalized spacial score (nSPS) is 10.8. The third-order valence-electron chi connectivity index (χ3n) is 3.59. The highest BCUT2D eigenvalue weighted by Crippen LogP contribution is 2.20. The molecule has 0 bridgehead atoms. The highest BCUT2D eigenvalue weighted by Gasteiger charge is 2.12. The van der Waals surface area contributed by atoms with Gasteiger partial charge in [0.1, 0.15) is 0 Å². The minimum atomic E-state index is -0.0624. The lowest BCUT2D eigenvalue weighted by Crippen LogP contribution is -2.23. The summed E-state index contributed by atoms with van der Waals surface area (Å²) in [6, 6.07) is 7.55. The minimum absolute atomic E-state index is 0.0624. The molecule has 0 aliphatic carbocycles. The predicted molar refractivity (Wildman–Crippen MR) is 86.2 cm³/mol. The Labute approximate surface area is 143 Å². The van der Waals surface area contributed by atoms with Crippen LogP contribution in [0.25, 0.3) is 11.5 Å². The van der Waals surface area contributed by atoms with E-state index in [9.17, 15) is 4.79 Å². The van der Waals surface area contributed by atoms with Crippen LogP contribution in [0.4, 0.5) is 0 Å². The van der Waals surface area contributed by atoms with Crippen LogP contribution in [0.15, 0.2) is 39.6 Å². The Balaban J connectivity index is 1.49. The van der Waals surface area contributed by atoms with E-state index in [0.29, 0.717) is 31.0 Å². The largest absolute Gasteiger partial charge is 0.423 e. The van der Waals surface area contributed by atoms with Crippen LogP contribution in [-0.2, 0) is 17.8 Å². The van der Waals surface area contributed by atoms with Crippen molar-refractivity contribution in [2.75, 3.05) is 0 Å². The zero-order chi connectivity index (χ0) is 16.9. The van der Waals surface area contributed by atoms with Gasteiger partial charge in [-0.05, 0) is 42.6 Å². The van der Waals surface area contributed by atoms with Crippen molar-refractivity contribution in [1.82, 2.24) is 20.7 Å². The highest BCUT2D eigenvalue weighted by atomic mass is 35.5. The van der Waals surface area contributed by atoms with Gasteiger partial charge in [-0.1, -0.05) is 17.3 Å². The van der Waals surface area contributed by atoms with Crippen molar-refractivity contribution in [3.63, 3.8) is 0 Å². The van der Waals surface area contributed by atoms with Crippen molar-refractivity contribution in [3.05, 3.63) is 52.7 Å². The average Bonchev–Trinajstić information content (AvgIpc) is 3.23. The molecule has 2 heterocycles. The molecule has 0 aliphatic rings. The van der Waals surface area contributed by atoms with Crippen LogP contribution < -0.4 is 5.32 Å². The van der Waals surface area contributed by atoms with E-state index in [0.717, 1.165) is 16.7 Å². The monoisotopic (exact) mass is 346 g/mol. The molecule has 1 N–H and O–H groups in total. The number of aromatic nitrogens is 3. The van der Waals surface area contributed by atoms with Gasteiger partial charge in [0.25, 0.3) is 0 Å². The third-order valence-corrected chi connectivity index (χ3v) is 3.89. The number of benzene rings is 1. The zero-order valence-electron chi connectivity index (χ0n) is 13.0. The summed E-state index contributed by atoms with van der Waals surface area (Å²) in [6.45, 7) is 2.24. The molecule has 8 heteroatoms. The standard InChI is InChI=1S/C16H15ClN4O3/c1-10-13(15(17)24-21-10)6-7-14(22)18-8-11-2-4-12(5-3-11)16-20-19-9-23-16/h2-5,9H,6-8H2,1H3,(H,18,22). The van der Waals surface area contributed by atoms with E-state index in [2.05, 4.69) is 20.7 Å². The molecule has 7 nitrogen and oxygen atoms in total. The molecule has 0 aliphatic heterocycles. The van der Waals surface area contributed by atoms with Crippen LogP contribution >= 0.6 is 11.6 Å². The van der Waals surface area contributed by atoms with E-state index >= 15 is 0 Å². The molecule has 3 aromatic rings. The second-order valence-corrected chi connectivity index (χ2v) is 5.58. The number of carbonyl (C=O) groups excluding carboxylic acids is 1. The maximum atomic E-state index is 11.9. The van der Waals surface area contributed by atoms with E-state index in [-0.39, 0.29) is 11.1 Å². The molecule has 1 aromatic carbocycles. The number of hydrogen-bond acceptors (Lipinski definition) is 6. The third kappa shape index (κ3) is 3.80. The van der Waals surface area contributed by atoms with Crippen molar-refractivity contribution in [1.29, 1.82) is 0 Å². The summed E-state index contributed by atoms with van der Waals surface area (Å²) in [7, 11) is 0. The Morgan fingerprint density at radius 1 is 1.29 bits per heavy atom. The maximum absolute atomic E-state index is 11.9. The molecule has 2 aromatic heterocycles. The molecule has 0 saturated heterocycles. The summed E-state index contributed by atoms with van der Waals surface area (Å²) >= 11 is 5.88. The van der Waals surface area contributed by atoms with Crippen LogP contribution in [-0.4, -0.2) is 21.3 Å². The number of carbonyl (C=O) groups is 1. The number of nitrogens with one attached hydrogen (secondary N) is 1. The van der Waals surface area contributed by atoms with E-state index in [1.807, 2.05) is 24.3 Å². The number of halogens is 1. The van der Waals surface area contributed by atoms with Gasteiger partial charge in [-0.25, -0.2) is 0 Å². The van der Waals surface area contributed by atoms with Crippen LogP contribution in [0, 0.1) is 6.92 Å². The molecule has 0 saturated carbocycles. The first kappa shape index (κ1) is 16.2. The topological polar surface area (TPSA) is 94.1 Å². The second-order valence-electron chi connectivity index (χ2n) is 5.24. The molecule has 124 valence electrons. The average molecular weight is 347 g/mol. The summed E-state index contributed by atoms with van der Waals surface area (Å²) in [6.07, 6.45) is 2.10. The quantitative estimate of drug-likeness (QED) is 0.737. The molecule has 0 fully saturated rings. The zero-order valence-corrected chi connectivity index (χ0v) is 13.7. The Hall–Kier alpha value is -2.67. The van der Waals surface area contributed by atoms with E-state index in [4.69, 9.17) is 20.5 Å². The van der Waals surface area contributed by atoms with Gasteiger partial charge in [-0.3, -0.25) is 4.79 Å². The van der Waals surface area contributed by atoms with Gasteiger partial charge in [0.15, 0.2) is 0 Å². The molecular weight excluding hydrogens is 332 g/mol. The van der Waals surface area contributed by atoms with Gasteiger partial charge in [0.05, 0.1) is 5.69 Å². The van der Waals surface area contributed by atoms with Crippen molar-refractivity contribution in [2.24, 2.45) is 0 Å². The van der Waals surface area contributed by atoms with Gasteiger partial charge >= 0.3 is 0 Å².